The predicted octanol–water partition coefficient (Wildman–Crippen LogP) is 1.88. The van der Waals surface area contributed by atoms with E-state index in [0.717, 1.165) is 37.1 Å². The van der Waals surface area contributed by atoms with Crippen LogP contribution in [0.1, 0.15) is 42.5 Å². The third-order valence-electron chi connectivity index (χ3n) is 3.78. The van der Waals surface area contributed by atoms with Crippen molar-refractivity contribution < 1.29 is 4.79 Å². The monoisotopic (exact) mass is 281 g/mol. The fraction of sp³-hybridized carbons (Fsp3) is 0.714. The Labute approximate surface area is 118 Å². The van der Waals surface area contributed by atoms with Crippen LogP contribution in [0.15, 0.2) is 6.20 Å². The van der Waals surface area contributed by atoms with Gasteiger partial charge in [0.25, 0.3) is 0 Å². The first-order chi connectivity index (χ1) is 9.19. The van der Waals surface area contributed by atoms with Crippen LogP contribution in [0.4, 0.5) is 0 Å². The van der Waals surface area contributed by atoms with Gasteiger partial charge in [-0.15, -0.1) is 11.3 Å². The highest BCUT2D eigenvalue weighted by Crippen LogP contribution is 2.26. The highest BCUT2D eigenvalue weighted by Gasteiger charge is 2.25. The minimum Gasteiger partial charge on any atom is -0.356 e. The minimum absolute atomic E-state index is 0.134. The summed E-state index contributed by atoms with van der Waals surface area (Å²) < 4.78 is 0. The highest BCUT2D eigenvalue weighted by molar-refractivity contribution is 7.11. The van der Waals surface area contributed by atoms with E-state index in [1.807, 2.05) is 6.20 Å². The predicted molar refractivity (Wildman–Crippen MR) is 78.1 cm³/mol. The molecule has 1 amide bonds. The van der Waals surface area contributed by atoms with Crippen molar-refractivity contribution in [3.63, 3.8) is 0 Å². The molecular weight excluding hydrogens is 258 g/mol. The maximum atomic E-state index is 11.8. The van der Waals surface area contributed by atoms with Crippen molar-refractivity contribution in [1.29, 1.82) is 0 Å². The molecule has 0 saturated heterocycles. The molecular formula is C14H23N3OS. The summed E-state index contributed by atoms with van der Waals surface area (Å²) in [4.78, 5) is 17.5. The first-order valence-electron chi connectivity index (χ1n) is 7.15. The molecule has 4 nitrogen and oxygen atoms in total. The van der Waals surface area contributed by atoms with Crippen molar-refractivity contribution in [3.8, 4) is 0 Å². The molecule has 2 rings (SSSR count). The zero-order valence-corrected chi connectivity index (χ0v) is 12.3. The Bertz CT molecular complexity index is 419. The molecule has 5 heteroatoms. The second kappa shape index (κ2) is 7.01. The number of rotatable bonds is 6. The van der Waals surface area contributed by atoms with Gasteiger partial charge in [0.15, 0.2) is 0 Å². The molecule has 1 aromatic heterocycles. The molecule has 1 heterocycles. The summed E-state index contributed by atoms with van der Waals surface area (Å²) in [6.07, 6.45) is 7.70. The van der Waals surface area contributed by atoms with Gasteiger partial charge in [-0.05, 0) is 25.2 Å². The number of nitrogens with zero attached hydrogens (tertiary/aromatic N) is 1. The van der Waals surface area contributed by atoms with Crippen molar-refractivity contribution in [3.05, 3.63) is 16.1 Å². The smallest absolute Gasteiger partial charge is 0.220 e. The summed E-state index contributed by atoms with van der Waals surface area (Å²) in [5, 5.41) is 4.08. The molecule has 0 unspecified atom stereocenters. The number of carbonyl (C=O) groups excluding carboxylic acids is 1. The van der Waals surface area contributed by atoms with Gasteiger partial charge < -0.3 is 11.1 Å². The van der Waals surface area contributed by atoms with Gasteiger partial charge in [0.05, 0.1) is 5.01 Å². The van der Waals surface area contributed by atoms with Gasteiger partial charge >= 0.3 is 0 Å². The van der Waals surface area contributed by atoms with E-state index in [2.05, 4.69) is 17.2 Å². The van der Waals surface area contributed by atoms with Crippen LogP contribution in [-0.2, 0) is 17.6 Å². The van der Waals surface area contributed by atoms with Crippen molar-refractivity contribution in [2.75, 3.05) is 6.54 Å². The van der Waals surface area contributed by atoms with Crippen LogP contribution >= 0.6 is 11.3 Å². The number of thiazole rings is 1. The lowest BCUT2D eigenvalue weighted by Crippen LogP contribution is -2.32. The fourth-order valence-electron chi connectivity index (χ4n) is 2.57. The molecule has 106 valence electrons. The topological polar surface area (TPSA) is 68.0 Å². The molecule has 0 radical (unpaired) electrons. The number of nitrogens with two attached hydrogens (primary N) is 1. The largest absolute Gasteiger partial charge is 0.356 e. The van der Waals surface area contributed by atoms with Crippen molar-refractivity contribution in [2.24, 2.45) is 11.7 Å². The Morgan fingerprint density at radius 1 is 1.58 bits per heavy atom. The van der Waals surface area contributed by atoms with E-state index in [1.54, 1.807) is 11.3 Å². The lowest BCUT2D eigenvalue weighted by atomic mass is 10.00. The molecule has 0 aliphatic heterocycles. The third-order valence-corrected chi connectivity index (χ3v) is 4.98. The molecule has 2 atom stereocenters. The Hall–Kier alpha value is -0.940. The standard InChI is InChI=1S/C14H23N3OS/c1-2-11-9-17-14(19-11)6-7-16-13(18)8-10-4-3-5-12(10)15/h9-10,12H,2-8,15H2,1H3,(H,16,18)/t10-,12+/m0/s1. The van der Waals surface area contributed by atoms with E-state index in [-0.39, 0.29) is 11.9 Å². The van der Waals surface area contributed by atoms with Gasteiger partial charge in [-0.3, -0.25) is 4.79 Å². The van der Waals surface area contributed by atoms with Gasteiger partial charge in [-0.25, -0.2) is 4.98 Å². The maximum absolute atomic E-state index is 11.8. The first kappa shape index (κ1) is 14.5. The van der Waals surface area contributed by atoms with E-state index in [9.17, 15) is 4.79 Å². The molecule has 0 spiro atoms. The fourth-order valence-corrected chi connectivity index (χ4v) is 3.43. The number of hydrogen-bond donors (Lipinski definition) is 2. The van der Waals surface area contributed by atoms with Crippen LogP contribution in [0.5, 0.6) is 0 Å². The third kappa shape index (κ3) is 4.28. The van der Waals surface area contributed by atoms with Crippen LogP contribution in [0.25, 0.3) is 0 Å². The second-order valence-electron chi connectivity index (χ2n) is 5.23. The lowest BCUT2D eigenvalue weighted by Gasteiger charge is -2.14. The van der Waals surface area contributed by atoms with E-state index in [0.29, 0.717) is 18.9 Å². The van der Waals surface area contributed by atoms with E-state index in [1.165, 1.54) is 4.88 Å². The van der Waals surface area contributed by atoms with E-state index in [4.69, 9.17) is 5.73 Å². The van der Waals surface area contributed by atoms with Gasteiger partial charge in [0, 0.05) is 36.5 Å². The zero-order valence-electron chi connectivity index (χ0n) is 11.5. The summed E-state index contributed by atoms with van der Waals surface area (Å²) in [7, 11) is 0. The quantitative estimate of drug-likeness (QED) is 0.836. The number of aryl methyl sites for hydroxylation is 1. The van der Waals surface area contributed by atoms with Gasteiger partial charge in [0.2, 0.25) is 5.91 Å². The molecule has 1 aliphatic rings. The molecule has 3 N–H and O–H groups in total. The number of hydrogen-bond acceptors (Lipinski definition) is 4. The van der Waals surface area contributed by atoms with Crippen molar-refractivity contribution >= 4 is 17.2 Å². The summed E-state index contributed by atoms with van der Waals surface area (Å²) in [6.45, 7) is 2.81. The summed E-state index contributed by atoms with van der Waals surface area (Å²) >= 11 is 1.74. The molecule has 1 aliphatic carbocycles. The molecule has 1 saturated carbocycles. The zero-order chi connectivity index (χ0) is 13.7. The second-order valence-corrected chi connectivity index (χ2v) is 6.43. The van der Waals surface area contributed by atoms with Crippen LogP contribution < -0.4 is 11.1 Å². The molecule has 0 bridgehead atoms. The number of amides is 1. The number of carbonyl (C=O) groups is 1. The van der Waals surface area contributed by atoms with Crippen molar-refractivity contribution in [1.82, 2.24) is 10.3 Å². The van der Waals surface area contributed by atoms with Crippen LogP contribution in [0, 0.1) is 5.92 Å². The molecule has 1 fully saturated rings. The average molecular weight is 281 g/mol. The lowest BCUT2D eigenvalue weighted by molar-refractivity contribution is -0.122. The van der Waals surface area contributed by atoms with Gasteiger partial charge in [-0.2, -0.15) is 0 Å². The Kier molecular flexibility index (Phi) is 5.34. The maximum Gasteiger partial charge on any atom is 0.220 e. The molecule has 19 heavy (non-hydrogen) atoms. The minimum atomic E-state index is 0.134. The Morgan fingerprint density at radius 2 is 2.42 bits per heavy atom. The van der Waals surface area contributed by atoms with E-state index >= 15 is 0 Å². The van der Waals surface area contributed by atoms with Gasteiger partial charge in [-0.1, -0.05) is 13.3 Å². The highest BCUT2D eigenvalue weighted by atomic mass is 32.1. The summed E-state index contributed by atoms with van der Waals surface area (Å²) in [6, 6.07) is 0.219. The Balaban J connectivity index is 1.66. The summed E-state index contributed by atoms with van der Waals surface area (Å²) in [5.41, 5.74) is 5.98. The number of aromatic nitrogens is 1. The summed E-state index contributed by atoms with van der Waals surface area (Å²) in [5.74, 6) is 0.515. The van der Waals surface area contributed by atoms with Crippen molar-refractivity contribution in [2.45, 2.75) is 51.5 Å². The average Bonchev–Trinajstić information content (AvgIpc) is 2.99. The van der Waals surface area contributed by atoms with Crippen LogP contribution in [0.2, 0.25) is 0 Å². The molecule has 1 aromatic rings. The first-order valence-corrected chi connectivity index (χ1v) is 7.96. The Morgan fingerprint density at radius 3 is 3.05 bits per heavy atom. The van der Waals surface area contributed by atoms with Gasteiger partial charge in [0.1, 0.15) is 0 Å². The SMILES string of the molecule is CCc1cnc(CCNC(=O)C[C@@H]2CCC[C@H]2N)s1. The van der Waals surface area contributed by atoms with E-state index < -0.39 is 0 Å². The number of nitrogens with one attached hydrogen (secondary N) is 1. The normalized spacial score (nSPS) is 22.6. The van der Waals surface area contributed by atoms with Crippen LogP contribution in [-0.4, -0.2) is 23.5 Å². The molecule has 0 aromatic carbocycles. The van der Waals surface area contributed by atoms with Crippen LogP contribution in [0.3, 0.4) is 0 Å².